The van der Waals surface area contributed by atoms with E-state index in [9.17, 15) is 4.39 Å². The summed E-state index contributed by atoms with van der Waals surface area (Å²) in [7, 11) is 4.06. The molecule has 0 amide bonds. The number of aryl methyl sites for hydroxylation is 1. The van der Waals surface area contributed by atoms with Crippen LogP contribution in [0.2, 0.25) is 0 Å². The lowest BCUT2D eigenvalue weighted by Crippen LogP contribution is -2.13. The second-order valence-electron chi connectivity index (χ2n) is 5.52. The first-order chi connectivity index (χ1) is 10.0. The molecule has 0 aliphatic rings. The van der Waals surface area contributed by atoms with Crippen molar-refractivity contribution in [3.05, 3.63) is 59.4 Å². The summed E-state index contributed by atoms with van der Waals surface area (Å²) in [6, 6.07) is 13.2. The first kappa shape index (κ1) is 15.4. The van der Waals surface area contributed by atoms with Gasteiger partial charge >= 0.3 is 0 Å². The molecular weight excluding hydrogens is 263 g/mol. The molecule has 0 radical (unpaired) electrons. The van der Waals surface area contributed by atoms with Gasteiger partial charge in [-0.1, -0.05) is 31.2 Å². The molecule has 0 heterocycles. The van der Waals surface area contributed by atoms with Gasteiger partial charge in [0.25, 0.3) is 0 Å². The molecule has 1 N–H and O–H groups in total. The van der Waals surface area contributed by atoms with Crippen LogP contribution in [0.3, 0.4) is 0 Å². The fourth-order valence-corrected chi connectivity index (χ4v) is 2.54. The van der Waals surface area contributed by atoms with Crippen LogP contribution in [-0.4, -0.2) is 14.1 Å². The third-order valence-electron chi connectivity index (χ3n) is 3.72. The summed E-state index contributed by atoms with van der Waals surface area (Å²) in [6.45, 7) is 4.15. The minimum atomic E-state index is -0.156. The Labute approximate surface area is 126 Å². The number of benzene rings is 2. The molecule has 0 spiro atoms. The highest BCUT2D eigenvalue weighted by molar-refractivity contribution is 5.62. The summed E-state index contributed by atoms with van der Waals surface area (Å²) in [4.78, 5) is 2.09. The molecule has 2 aromatic carbocycles. The van der Waals surface area contributed by atoms with E-state index in [0.717, 1.165) is 12.1 Å². The lowest BCUT2D eigenvalue weighted by molar-refractivity contribution is 0.587. The topological polar surface area (TPSA) is 15.3 Å². The number of halogens is 1. The van der Waals surface area contributed by atoms with Crippen LogP contribution in [0, 0.1) is 12.7 Å². The highest BCUT2D eigenvalue weighted by Crippen LogP contribution is 2.28. The molecule has 1 unspecified atom stereocenters. The molecule has 0 saturated carbocycles. The Kier molecular flexibility index (Phi) is 4.84. The monoisotopic (exact) mass is 286 g/mol. The van der Waals surface area contributed by atoms with Crippen molar-refractivity contribution in [2.24, 2.45) is 0 Å². The van der Waals surface area contributed by atoms with Crippen LogP contribution in [0.15, 0.2) is 42.5 Å². The molecule has 3 heteroatoms. The molecule has 0 aliphatic heterocycles. The van der Waals surface area contributed by atoms with Gasteiger partial charge in [-0.15, -0.1) is 0 Å². The summed E-state index contributed by atoms with van der Waals surface area (Å²) in [5, 5.41) is 3.44. The van der Waals surface area contributed by atoms with Crippen LogP contribution in [0.25, 0.3) is 0 Å². The van der Waals surface area contributed by atoms with Crippen LogP contribution in [0.4, 0.5) is 15.8 Å². The minimum Gasteiger partial charge on any atom is -0.378 e. The van der Waals surface area contributed by atoms with Gasteiger partial charge in [0.1, 0.15) is 5.82 Å². The third-order valence-corrected chi connectivity index (χ3v) is 3.72. The maximum absolute atomic E-state index is 14.0. The first-order valence-electron chi connectivity index (χ1n) is 7.32. The maximum atomic E-state index is 14.0. The number of nitrogens with zero attached hydrogens (tertiary/aromatic N) is 1. The van der Waals surface area contributed by atoms with Crippen molar-refractivity contribution in [1.29, 1.82) is 0 Å². The molecule has 21 heavy (non-hydrogen) atoms. The standard InChI is InChI=1S/C18H23FN2/c1-5-17(15-8-6-7-9-16(15)19)20-14-11-10-13(2)18(12-14)21(3)4/h6-12,17,20H,5H2,1-4H3. The Morgan fingerprint density at radius 1 is 1.14 bits per heavy atom. The molecule has 2 rings (SSSR count). The Hall–Kier alpha value is -2.03. The molecule has 2 nitrogen and oxygen atoms in total. The largest absolute Gasteiger partial charge is 0.378 e. The van der Waals surface area contributed by atoms with Crippen molar-refractivity contribution in [1.82, 2.24) is 0 Å². The van der Waals surface area contributed by atoms with E-state index in [1.54, 1.807) is 6.07 Å². The number of rotatable bonds is 5. The lowest BCUT2D eigenvalue weighted by Gasteiger charge is -2.22. The smallest absolute Gasteiger partial charge is 0.128 e. The van der Waals surface area contributed by atoms with Gasteiger partial charge in [0.2, 0.25) is 0 Å². The van der Waals surface area contributed by atoms with E-state index in [4.69, 9.17) is 0 Å². The molecule has 112 valence electrons. The van der Waals surface area contributed by atoms with Crippen molar-refractivity contribution in [2.45, 2.75) is 26.3 Å². The second-order valence-corrected chi connectivity index (χ2v) is 5.52. The van der Waals surface area contributed by atoms with E-state index in [2.05, 4.69) is 36.2 Å². The highest BCUT2D eigenvalue weighted by atomic mass is 19.1. The molecule has 0 fully saturated rings. The van der Waals surface area contributed by atoms with E-state index in [1.165, 1.54) is 17.3 Å². The molecule has 0 aliphatic carbocycles. The quantitative estimate of drug-likeness (QED) is 0.852. The zero-order valence-corrected chi connectivity index (χ0v) is 13.2. The van der Waals surface area contributed by atoms with Gasteiger partial charge in [-0.05, 0) is 37.1 Å². The Morgan fingerprint density at radius 2 is 1.86 bits per heavy atom. The molecule has 2 aromatic rings. The van der Waals surface area contributed by atoms with Crippen LogP contribution in [0.5, 0.6) is 0 Å². The van der Waals surface area contributed by atoms with E-state index in [-0.39, 0.29) is 11.9 Å². The average Bonchev–Trinajstić information content (AvgIpc) is 2.47. The van der Waals surface area contributed by atoms with Gasteiger partial charge in [-0.3, -0.25) is 0 Å². The molecule has 0 aromatic heterocycles. The first-order valence-corrected chi connectivity index (χ1v) is 7.32. The average molecular weight is 286 g/mol. The second kappa shape index (κ2) is 6.61. The van der Waals surface area contributed by atoms with Crippen molar-refractivity contribution in [3.8, 4) is 0 Å². The minimum absolute atomic E-state index is 0.0241. The van der Waals surface area contributed by atoms with Crippen LogP contribution in [-0.2, 0) is 0 Å². The predicted octanol–water partition coefficient (Wildman–Crippen LogP) is 4.76. The SMILES string of the molecule is CCC(Nc1ccc(C)c(N(C)C)c1)c1ccccc1F. The molecule has 0 bridgehead atoms. The summed E-state index contributed by atoms with van der Waals surface area (Å²) >= 11 is 0. The van der Waals surface area contributed by atoms with Crippen molar-refractivity contribution >= 4 is 11.4 Å². The van der Waals surface area contributed by atoms with E-state index >= 15 is 0 Å². The van der Waals surface area contributed by atoms with Crippen LogP contribution in [0.1, 0.15) is 30.5 Å². The van der Waals surface area contributed by atoms with Crippen LogP contribution < -0.4 is 10.2 Å². The zero-order valence-electron chi connectivity index (χ0n) is 13.2. The van der Waals surface area contributed by atoms with Gasteiger partial charge in [0.15, 0.2) is 0 Å². The maximum Gasteiger partial charge on any atom is 0.128 e. The van der Waals surface area contributed by atoms with E-state index < -0.39 is 0 Å². The predicted molar refractivity (Wildman–Crippen MR) is 88.6 cm³/mol. The normalized spacial score (nSPS) is 12.0. The van der Waals surface area contributed by atoms with Gasteiger partial charge < -0.3 is 10.2 Å². The number of anilines is 2. The number of hydrogen-bond acceptors (Lipinski definition) is 2. The number of hydrogen-bond donors (Lipinski definition) is 1. The summed E-state index contributed by atoms with van der Waals surface area (Å²) in [5.41, 5.74) is 4.12. The summed E-state index contributed by atoms with van der Waals surface area (Å²) < 4.78 is 14.0. The Balaban J connectivity index is 2.27. The fraction of sp³-hybridized carbons (Fsp3) is 0.333. The van der Waals surface area contributed by atoms with Crippen LogP contribution >= 0.6 is 0 Å². The zero-order chi connectivity index (χ0) is 15.4. The van der Waals surface area contributed by atoms with Crippen molar-refractivity contribution in [2.75, 3.05) is 24.3 Å². The van der Waals surface area contributed by atoms with E-state index in [0.29, 0.717) is 5.56 Å². The summed E-state index contributed by atoms with van der Waals surface area (Å²) in [6.07, 6.45) is 0.826. The highest BCUT2D eigenvalue weighted by Gasteiger charge is 2.14. The molecule has 0 saturated heterocycles. The molecule has 1 atom stereocenters. The fourth-order valence-electron chi connectivity index (χ4n) is 2.54. The van der Waals surface area contributed by atoms with Gasteiger partial charge in [0.05, 0.1) is 6.04 Å². The lowest BCUT2D eigenvalue weighted by atomic mass is 10.0. The van der Waals surface area contributed by atoms with Gasteiger partial charge in [-0.25, -0.2) is 4.39 Å². The van der Waals surface area contributed by atoms with Gasteiger partial charge in [0, 0.05) is 31.0 Å². The van der Waals surface area contributed by atoms with Crippen molar-refractivity contribution in [3.63, 3.8) is 0 Å². The third kappa shape index (κ3) is 3.54. The van der Waals surface area contributed by atoms with Crippen molar-refractivity contribution < 1.29 is 4.39 Å². The molecular formula is C18H23FN2. The van der Waals surface area contributed by atoms with E-state index in [1.807, 2.05) is 32.3 Å². The Bertz CT molecular complexity index is 608. The van der Waals surface area contributed by atoms with Gasteiger partial charge in [-0.2, -0.15) is 0 Å². The summed E-state index contributed by atoms with van der Waals surface area (Å²) in [5.74, 6) is -0.156. The Morgan fingerprint density at radius 3 is 2.48 bits per heavy atom. The number of nitrogens with one attached hydrogen (secondary N) is 1.